The molecule has 0 spiro atoms. The predicted molar refractivity (Wildman–Crippen MR) is 96.8 cm³/mol. The van der Waals surface area contributed by atoms with Crippen LogP contribution in [0.15, 0.2) is 84.9 Å². The largest absolute Gasteiger partial charge is 0.357 e. The van der Waals surface area contributed by atoms with Crippen molar-refractivity contribution in [2.24, 2.45) is 0 Å². The van der Waals surface area contributed by atoms with E-state index >= 15 is 0 Å². The van der Waals surface area contributed by atoms with Gasteiger partial charge >= 0.3 is 0 Å². The number of benzene rings is 3. The van der Waals surface area contributed by atoms with E-state index in [0.29, 0.717) is 6.04 Å². The summed E-state index contributed by atoms with van der Waals surface area (Å²) in [6, 6.07) is 31.3. The molecule has 1 atom stereocenters. The maximum absolute atomic E-state index is 2.58. The number of hydrogen-bond donors (Lipinski definition) is 0. The molecule has 1 heteroatoms. The molecule has 0 bridgehead atoms. The number of para-hydroxylation sites is 1. The first kappa shape index (κ1) is 14.1. The lowest BCUT2D eigenvalue weighted by Crippen LogP contribution is -2.34. The Hall–Kier alpha value is -2.54. The molecule has 0 aliphatic carbocycles. The van der Waals surface area contributed by atoms with Crippen LogP contribution in [-0.2, 0) is 6.42 Å². The second kappa shape index (κ2) is 5.92. The normalized spacial score (nSPS) is 16.6. The van der Waals surface area contributed by atoms with Gasteiger partial charge in [-0.05, 0) is 36.1 Å². The molecule has 4 rings (SSSR count). The molecule has 0 N–H and O–H groups in total. The lowest BCUT2D eigenvalue weighted by atomic mass is 9.96. The van der Waals surface area contributed by atoms with Crippen LogP contribution in [0.25, 0.3) is 0 Å². The van der Waals surface area contributed by atoms with Gasteiger partial charge in [0, 0.05) is 11.7 Å². The molecule has 3 aromatic carbocycles. The zero-order valence-corrected chi connectivity index (χ0v) is 13.4. The Morgan fingerprint density at radius 2 is 1.26 bits per heavy atom. The molecular formula is C22H21N. The number of hydrogen-bond acceptors (Lipinski definition) is 1. The smallest absolute Gasteiger partial charge is 0.0799 e. The average Bonchev–Trinajstić information content (AvgIpc) is 2.94. The number of rotatable bonds is 3. The van der Waals surface area contributed by atoms with Gasteiger partial charge < -0.3 is 4.90 Å². The molecule has 0 fully saturated rings. The lowest BCUT2D eigenvalue weighted by molar-refractivity contribution is 0.617. The number of anilines is 1. The van der Waals surface area contributed by atoms with Gasteiger partial charge in [-0.1, -0.05) is 78.9 Å². The average molecular weight is 299 g/mol. The molecule has 1 heterocycles. The minimum absolute atomic E-state index is 0.260. The number of nitrogens with zero attached hydrogens (tertiary/aromatic N) is 1. The summed E-state index contributed by atoms with van der Waals surface area (Å²) in [5, 5.41) is 0. The predicted octanol–water partition coefficient (Wildman–Crippen LogP) is 5.23. The highest BCUT2D eigenvalue weighted by molar-refractivity contribution is 5.62. The maximum atomic E-state index is 2.58. The standard InChI is InChI=1S/C22H21N/c1-17-16-20-14-8-9-15-21(20)23(17)22(18-10-4-2-5-11-18)19-12-6-3-7-13-19/h2-15,17,22H,16H2,1H3/t17-/m1/s1. The first-order valence-corrected chi connectivity index (χ1v) is 8.31. The van der Waals surface area contributed by atoms with E-state index in [0.717, 1.165) is 6.42 Å². The van der Waals surface area contributed by atoms with Gasteiger partial charge in [0.1, 0.15) is 0 Å². The Labute approximate surface area is 138 Å². The van der Waals surface area contributed by atoms with Crippen LogP contribution in [0.5, 0.6) is 0 Å². The summed E-state index contributed by atoms with van der Waals surface area (Å²) in [7, 11) is 0. The molecule has 0 unspecified atom stereocenters. The topological polar surface area (TPSA) is 3.24 Å². The summed E-state index contributed by atoms with van der Waals surface area (Å²) in [5.41, 5.74) is 5.53. The molecule has 23 heavy (non-hydrogen) atoms. The van der Waals surface area contributed by atoms with Gasteiger partial charge in [0.2, 0.25) is 0 Å². The van der Waals surface area contributed by atoms with Crippen LogP contribution in [-0.4, -0.2) is 6.04 Å². The van der Waals surface area contributed by atoms with Gasteiger partial charge in [-0.3, -0.25) is 0 Å². The first-order chi connectivity index (χ1) is 11.3. The summed E-state index contributed by atoms with van der Waals surface area (Å²) < 4.78 is 0. The minimum atomic E-state index is 0.260. The Morgan fingerprint density at radius 3 is 1.87 bits per heavy atom. The fourth-order valence-corrected chi connectivity index (χ4v) is 3.77. The summed E-state index contributed by atoms with van der Waals surface area (Å²) in [4.78, 5) is 2.58. The van der Waals surface area contributed by atoms with E-state index < -0.39 is 0 Å². The molecule has 1 aliphatic heterocycles. The van der Waals surface area contributed by atoms with Crippen LogP contribution in [0.3, 0.4) is 0 Å². The third-order valence-electron chi connectivity index (χ3n) is 4.77. The second-order valence-corrected chi connectivity index (χ2v) is 6.31. The third kappa shape index (κ3) is 2.53. The van der Waals surface area contributed by atoms with Crippen LogP contribution in [0.2, 0.25) is 0 Å². The zero-order valence-electron chi connectivity index (χ0n) is 13.4. The molecule has 3 aromatic rings. The van der Waals surface area contributed by atoms with Crippen LogP contribution in [0, 0.1) is 0 Å². The molecule has 1 aliphatic rings. The molecule has 0 aromatic heterocycles. The third-order valence-corrected chi connectivity index (χ3v) is 4.77. The summed E-state index contributed by atoms with van der Waals surface area (Å²) >= 11 is 0. The van der Waals surface area contributed by atoms with Crippen LogP contribution < -0.4 is 4.90 Å². The van der Waals surface area contributed by atoms with E-state index in [1.165, 1.54) is 22.4 Å². The Morgan fingerprint density at radius 1 is 0.739 bits per heavy atom. The highest BCUT2D eigenvalue weighted by Gasteiger charge is 2.32. The van der Waals surface area contributed by atoms with Gasteiger partial charge in [-0.25, -0.2) is 0 Å². The fraction of sp³-hybridized carbons (Fsp3) is 0.182. The molecule has 0 amide bonds. The number of fused-ring (bicyclic) bond motifs is 1. The highest BCUT2D eigenvalue weighted by Crippen LogP contribution is 2.41. The van der Waals surface area contributed by atoms with Crippen molar-refractivity contribution >= 4 is 5.69 Å². The van der Waals surface area contributed by atoms with Crippen molar-refractivity contribution in [3.05, 3.63) is 102 Å². The Kier molecular flexibility index (Phi) is 3.63. The van der Waals surface area contributed by atoms with Crippen molar-refractivity contribution in [2.45, 2.75) is 25.4 Å². The SMILES string of the molecule is C[C@@H]1Cc2ccccc2N1C(c1ccccc1)c1ccccc1. The first-order valence-electron chi connectivity index (χ1n) is 8.31. The molecule has 0 saturated carbocycles. The van der Waals surface area contributed by atoms with Crippen molar-refractivity contribution < 1.29 is 0 Å². The highest BCUT2D eigenvalue weighted by atomic mass is 15.2. The van der Waals surface area contributed by atoms with Crippen LogP contribution in [0.4, 0.5) is 5.69 Å². The lowest BCUT2D eigenvalue weighted by Gasteiger charge is -2.35. The molecule has 0 saturated heterocycles. The van der Waals surface area contributed by atoms with E-state index in [9.17, 15) is 0 Å². The van der Waals surface area contributed by atoms with Gasteiger partial charge in [-0.15, -0.1) is 0 Å². The van der Waals surface area contributed by atoms with Crippen molar-refractivity contribution in [3.8, 4) is 0 Å². The summed E-state index contributed by atoms with van der Waals surface area (Å²) in [6.07, 6.45) is 1.12. The summed E-state index contributed by atoms with van der Waals surface area (Å²) in [5.74, 6) is 0. The monoisotopic (exact) mass is 299 g/mol. The van der Waals surface area contributed by atoms with E-state index in [-0.39, 0.29) is 6.04 Å². The van der Waals surface area contributed by atoms with Crippen molar-refractivity contribution in [1.29, 1.82) is 0 Å². The summed E-state index contributed by atoms with van der Waals surface area (Å²) in [6.45, 7) is 2.33. The quantitative estimate of drug-likeness (QED) is 0.640. The zero-order chi connectivity index (χ0) is 15.6. The van der Waals surface area contributed by atoms with Gasteiger partial charge in [0.25, 0.3) is 0 Å². The molecule has 0 radical (unpaired) electrons. The van der Waals surface area contributed by atoms with Gasteiger partial charge in [0.15, 0.2) is 0 Å². The van der Waals surface area contributed by atoms with Gasteiger partial charge in [0.05, 0.1) is 6.04 Å². The van der Waals surface area contributed by atoms with Crippen LogP contribution >= 0.6 is 0 Å². The van der Waals surface area contributed by atoms with E-state index in [4.69, 9.17) is 0 Å². The molecular weight excluding hydrogens is 278 g/mol. The Bertz CT molecular complexity index is 740. The molecule has 1 nitrogen and oxygen atoms in total. The van der Waals surface area contributed by atoms with E-state index in [2.05, 4.69) is 96.8 Å². The van der Waals surface area contributed by atoms with Crippen LogP contribution in [0.1, 0.15) is 29.7 Å². The van der Waals surface area contributed by atoms with E-state index in [1.807, 2.05) is 0 Å². The minimum Gasteiger partial charge on any atom is -0.357 e. The fourth-order valence-electron chi connectivity index (χ4n) is 3.77. The second-order valence-electron chi connectivity index (χ2n) is 6.31. The van der Waals surface area contributed by atoms with Crippen molar-refractivity contribution in [3.63, 3.8) is 0 Å². The Balaban J connectivity index is 1.86. The van der Waals surface area contributed by atoms with E-state index in [1.54, 1.807) is 0 Å². The van der Waals surface area contributed by atoms with Gasteiger partial charge in [-0.2, -0.15) is 0 Å². The molecule has 114 valence electrons. The van der Waals surface area contributed by atoms with Crippen molar-refractivity contribution in [1.82, 2.24) is 0 Å². The van der Waals surface area contributed by atoms with Crippen molar-refractivity contribution in [2.75, 3.05) is 4.90 Å². The maximum Gasteiger partial charge on any atom is 0.0799 e.